The summed E-state index contributed by atoms with van der Waals surface area (Å²) in [6, 6.07) is 11.0. The highest BCUT2D eigenvalue weighted by molar-refractivity contribution is 5.95. The van der Waals surface area contributed by atoms with E-state index in [0.717, 1.165) is 11.3 Å². The molecule has 7 heteroatoms. The Balaban J connectivity index is 0.00000261. The first kappa shape index (κ1) is 21.0. The Morgan fingerprint density at radius 3 is 2.22 bits per heavy atom. The van der Waals surface area contributed by atoms with Gasteiger partial charge in [0, 0.05) is 26.2 Å². The summed E-state index contributed by atoms with van der Waals surface area (Å²) in [5, 5.41) is 0. The van der Waals surface area contributed by atoms with Crippen molar-refractivity contribution in [3.8, 4) is 0 Å². The lowest BCUT2D eigenvalue weighted by Crippen LogP contribution is -2.54. The number of carbonyl (C=O) groups excluding carboxylic acids is 2. The summed E-state index contributed by atoms with van der Waals surface area (Å²) >= 11 is 0. The van der Waals surface area contributed by atoms with Gasteiger partial charge < -0.3 is 20.0 Å². The van der Waals surface area contributed by atoms with Crippen molar-refractivity contribution in [3.05, 3.63) is 59.0 Å². The average Bonchev–Trinajstić information content (AvgIpc) is 2.99. The molecule has 2 amide bonds. The number of hydrogen-bond donors (Lipinski definition) is 1. The molecule has 0 unspecified atom stereocenters. The van der Waals surface area contributed by atoms with Crippen LogP contribution in [0.15, 0.2) is 40.8 Å². The summed E-state index contributed by atoms with van der Waals surface area (Å²) < 4.78 is 5.45. The molecule has 1 aromatic carbocycles. The van der Waals surface area contributed by atoms with Gasteiger partial charge >= 0.3 is 0 Å². The Labute approximate surface area is 165 Å². The van der Waals surface area contributed by atoms with Crippen LogP contribution >= 0.6 is 12.4 Å². The maximum atomic E-state index is 12.6. The summed E-state index contributed by atoms with van der Waals surface area (Å²) in [5.74, 6) is 1.26. The molecule has 2 aromatic rings. The second kappa shape index (κ2) is 9.06. The van der Waals surface area contributed by atoms with Gasteiger partial charge in [0.15, 0.2) is 0 Å². The molecule has 0 radical (unpaired) electrons. The molecule has 0 aliphatic carbocycles. The highest BCUT2D eigenvalue weighted by Crippen LogP contribution is 2.17. The summed E-state index contributed by atoms with van der Waals surface area (Å²) in [7, 11) is 0. The predicted octanol–water partition coefficient (Wildman–Crippen LogP) is 2.17. The first-order chi connectivity index (χ1) is 12.5. The van der Waals surface area contributed by atoms with E-state index in [4.69, 9.17) is 10.2 Å². The van der Waals surface area contributed by atoms with E-state index in [-0.39, 0.29) is 24.2 Å². The number of furan rings is 1. The van der Waals surface area contributed by atoms with E-state index in [9.17, 15) is 9.59 Å². The van der Waals surface area contributed by atoms with Gasteiger partial charge in [-0.25, -0.2) is 0 Å². The molecule has 1 aliphatic heterocycles. The molecule has 6 nitrogen and oxygen atoms in total. The Morgan fingerprint density at radius 1 is 1.07 bits per heavy atom. The number of benzene rings is 1. The van der Waals surface area contributed by atoms with Crippen molar-refractivity contribution in [3.63, 3.8) is 0 Å². The SMILES string of the molecule is Cc1cc(C(=O)N2CCN(C(=O)[C@@H](N)Cc3ccccc3)CC2)c(C)o1.Cl. The number of rotatable bonds is 4. The zero-order valence-electron chi connectivity index (χ0n) is 15.7. The molecule has 1 fully saturated rings. The van der Waals surface area contributed by atoms with Crippen LogP contribution in [0.1, 0.15) is 27.4 Å². The van der Waals surface area contributed by atoms with Crippen molar-refractivity contribution in [2.45, 2.75) is 26.3 Å². The van der Waals surface area contributed by atoms with Crippen molar-refractivity contribution in [1.82, 2.24) is 9.80 Å². The number of halogens is 1. The van der Waals surface area contributed by atoms with Crippen LogP contribution in [0.4, 0.5) is 0 Å². The molecule has 2 N–H and O–H groups in total. The summed E-state index contributed by atoms with van der Waals surface area (Å²) in [6.07, 6.45) is 0.520. The third kappa shape index (κ3) is 4.90. The lowest BCUT2D eigenvalue weighted by atomic mass is 10.1. The van der Waals surface area contributed by atoms with Gasteiger partial charge in [0.05, 0.1) is 11.6 Å². The van der Waals surface area contributed by atoms with Gasteiger partial charge in [-0.3, -0.25) is 9.59 Å². The third-order valence-electron chi connectivity index (χ3n) is 4.77. The van der Waals surface area contributed by atoms with Gasteiger partial charge in [-0.05, 0) is 31.9 Å². The normalized spacial score (nSPS) is 15.2. The fourth-order valence-electron chi connectivity index (χ4n) is 3.33. The van der Waals surface area contributed by atoms with E-state index in [1.54, 1.807) is 22.8 Å². The monoisotopic (exact) mass is 391 g/mol. The fourth-order valence-corrected chi connectivity index (χ4v) is 3.33. The van der Waals surface area contributed by atoms with Crippen LogP contribution < -0.4 is 5.73 Å². The van der Waals surface area contributed by atoms with Crippen LogP contribution in [0.3, 0.4) is 0 Å². The maximum absolute atomic E-state index is 12.6. The van der Waals surface area contributed by atoms with Crippen LogP contribution in [0, 0.1) is 13.8 Å². The Bertz CT molecular complexity index is 783. The van der Waals surface area contributed by atoms with E-state index in [1.165, 1.54) is 0 Å². The first-order valence-electron chi connectivity index (χ1n) is 8.90. The largest absolute Gasteiger partial charge is 0.466 e. The van der Waals surface area contributed by atoms with Crippen LogP contribution in [0.2, 0.25) is 0 Å². The third-order valence-corrected chi connectivity index (χ3v) is 4.77. The standard InChI is InChI=1S/C20H25N3O3.ClH/c1-14-12-17(15(2)26-14)19(24)22-8-10-23(11-9-22)20(25)18(21)13-16-6-4-3-5-7-16;/h3-7,12,18H,8-11,13,21H2,1-2H3;1H/t18-;/m0./s1. The van der Waals surface area contributed by atoms with E-state index in [1.807, 2.05) is 37.3 Å². The second-order valence-corrected chi connectivity index (χ2v) is 6.74. The summed E-state index contributed by atoms with van der Waals surface area (Å²) in [5.41, 5.74) is 7.75. The Morgan fingerprint density at radius 2 is 1.67 bits per heavy atom. The zero-order chi connectivity index (χ0) is 18.7. The molecule has 1 aliphatic rings. The van der Waals surface area contributed by atoms with Gasteiger partial charge in [-0.1, -0.05) is 30.3 Å². The molecule has 27 heavy (non-hydrogen) atoms. The van der Waals surface area contributed by atoms with Crippen molar-refractivity contribution >= 4 is 24.2 Å². The molecule has 1 saturated heterocycles. The quantitative estimate of drug-likeness (QED) is 0.866. The van der Waals surface area contributed by atoms with Gasteiger partial charge in [-0.2, -0.15) is 0 Å². The molecule has 3 rings (SSSR count). The molecule has 1 aromatic heterocycles. The van der Waals surface area contributed by atoms with Crippen LogP contribution in [0.25, 0.3) is 0 Å². The Kier molecular flexibility index (Phi) is 7.05. The molecular formula is C20H26ClN3O3. The van der Waals surface area contributed by atoms with E-state index in [0.29, 0.717) is 43.9 Å². The molecule has 0 saturated carbocycles. The van der Waals surface area contributed by atoms with Crippen molar-refractivity contribution in [2.24, 2.45) is 5.73 Å². The molecule has 0 bridgehead atoms. The van der Waals surface area contributed by atoms with Gasteiger partial charge in [-0.15, -0.1) is 12.4 Å². The van der Waals surface area contributed by atoms with E-state index in [2.05, 4.69) is 0 Å². The van der Waals surface area contributed by atoms with Crippen molar-refractivity contribution in [2.75, 3.05) is 26.2 Å². The molecule has 0 spiro atoms. The minimum Gasteiger partial charge on any atom is -0.466 e. The highest BCUT2D eigenvalue weighted by Gasteiger charge is 2.28. The number of nitrogens with zero attached hydrogens (tertiary/aromatic N) is 2. The van der Waals surface area contributed by atoms with Gasteiger partial charge in [0.25, 0.3) is 5.91 Å². The predicted molar refractivity (Wildman–Crippen MR) is 106 cm³/mol. The van der Waals surface area contributed by atoms with E-state index >= 15 is 0 Å². The topological polar surface area (TPSA) is 79.8 Å². The number of aryl methyl sites for hydroxylation is 2. The summed E-state index contributed by atoms with van der Waals surface area (Å²) in [6.45, 7) is 5.64. The zero-order valence-corrected chi connectivity index (χ0v) is 16.5. The average molecular weight is 392 g/mol. The molecular weight excluding hydrogens is 366 g/mol. The van der Waals surface area contributed by atoms with Crippen LogP contribution in [-0.4, -0.2) is 53.8 Å². The van der Waals surface area contributed by atoms with Crippen LogP contribution in [0.5, 0.6) is 0 Å². The number of carbonyl (C=O) groups is 2. The lowest BCUT2D eigenvalue weighted by Gasteiger charge is -2.35. The van der Waals surface area contributed by atoms with Crippen molar-refractivity contribution < 1.29 is 14.0 Å². The minimum atomic E-state index is -0.557. The van der Waals surface area contributed by atoms with Crippen LogP contribution in [-0.2, 0) is 11.2 Å². The smallest absolute Gasteiger partial charge is 0.257 e. The number of hydrogen-bond acceptors (Lipinski definition) is 4. The maximum Gasteiger partial charge on any atom is 0.257 e. The minimum absolute atomic E-state index is 0. The highest BCUT2D eigenvalue weighted by atomic mass is 35.5. The lowest BCUT2D eigenvalue weighted by molar-refractivity contribution is -0.134. The summed E-state index contributed by atoms with van der Waals surface area (Å²) in [4.78, 5) is 28.7. The molecule has 2 heterocycles. The van der Waals surface area contributed by atoms with Gasteiger partial charge in [0.1, 0.15) is 11.5 Å². The van der Waals surface area contributed by atoms with Gasteiger partial charge in [0.2, 0.25) is 5.91 Å². The number of amides is 2. The first-order valence-corrected chi connectivity index (χ1v) is 8.90. The molecule has 1 atom stereocenters. The number of piperazine rings is 1. The van der Waals surface area contributed by atoms with Crippen molar-refractivity contribution in [1.29, 1.82) is 0 Å². The second-order valence-electron chi connectivity index (χ2n) is 6.74. The molecule has 146 valence electrons. The van der Waals surface area contributed by atoms with E-state index < -0.39 is 6.04 Å². The Hall–Kier alpha value is -2.31. The fraction of sp³-hybridized carbons (Fsp3) is 0.400. The number of nitrogens with two attached hydrogens (primary N) is 1.